The molecule has 0 saturated carbocycles. The van der Waals surface area contributed by atoms with E-state index in [4.69, 9.17) is 14.2 Å². The van der Waals surface area contributed by atoms with Crippen LogP contribution < -0.4 is 14.2 Å². The number of aliphatic imine (C=N–C) groups is 1. The summed E-state index contributed by atoms with van der Waals surface area (Å²) in [6, 6.07) is 13.1. The quantitative estimate of drug-likeness (QED) is 0.729. The summed E-state index contributed by atoms with van der Waals surface area (Å²) in [4.78, 5) is 19.8. The van der Waals surface area contributed by atoms with Crippen LogP contribution in [0.3, 0.4) is 0 Å². The van der Waals surface area contributed by atoms with E-state index in [0.717, 1.165) is 22.7 Å². The van der Waals surface area contributed by atoms with Gasteiger partial charge in [-0.05, 0) is 66.7 Å². The van der Waals surface area contributed by atoms with E-state index in [2.05, 4.69) is 4.99 Å². The highest BCUT2D eigenvalue weighted by molar-refractivity contribution is 8.18. The van der Waals surface area contributed by atoms with Gasteiger partial charge in [0.15, 0.2) is 16.7 Å². The molecule has 0 aliphatic carbocycles. The van der Waals surface area contributed by atoms with Crippen LogP contribution in [-0.4, -0.2) is 42.8 Å². The number of hydrogen-bond donors (Lipinski definition) is 0. The van der Waals surface area contributed by atoms with Crippen molar-refractivity contribution in [3.63, 3.8) is 0 Å². The van der Waals surface area contributed by atoms with Crippen molar-refractivity contribution in [2.75, 3.05) is 26.9 Å². The Morgan fingerprint density at radius 1 is 1.14 bits per heavy atom. The molecule has 2 heterocycles. The van der Waals surface area contributed by atoms with E-state index in [9.17, 15) is 4.79 Å². The fourth-order valence-corrected chi connectivity index (χ4v) is 4.00. The molecule has 0 spiro atoms. The van der Waals surface area contributed by atoms with Crippen LogP contribution in [0.25, 0.3) is 6.08 Å². The predicted molar refractivity (Wildman–Crippen MR) is 110 cm³/mol. The lowest BCUT2D eigenvalue weighted by molar-refractivity contribution is -0.122. The largest absolute Gasteiger partial charge is 0.497 e. The van der Waals surface area contributed by atoms with Crippen LogP contribution in [0.15, 0.2) is 52.4 Å². The number of hydrogen-bond acceptors (Lipinski definition) is 6. The summed E-state index contributed by atoms with van der Waals surface area (Å²) in [5, 5.41) is 0.668. The zero-order valence-corrected chi connectivity index (χ0v) is 16.5. The van der Waals surface area contributed by atoms with E-state index < -0.39 is 0 Å². The molecule has 28 heavy (non-hydrogen) atoms. The number of fused-ring (bicyclic) bond motifs is 1. The molecule has 7 heteroatoms. The lowest BCUT2D eigenvalue weighted by Crippen LogP contribution is -2.28. The van der Waals surface area contributed by atoms with Gasteiger partial charge >= 0.3 is 0 Å². The van der Waals surface area contributed by atoms with Gasteiger partial charge in [0.25, 0.3) is 5.91 Å². The van der Waals surface area contributed by atoms with Gasteiger partial charge in [0, 0.05) is 6.54 Å². The molecule has 0 aromatic heterocycles. The number of carbonyl (C=O) groups excluding carboxylic acids is 1. The molecule has 144 valence electrons. The molecule has 0 atom stereocenters. The highest BCUT2D eigenvalue weighted by atomic mass is 32.2. The van der Waals surface area contributed by atoms with Crippen LogP contribution in [0.4, 0.5) is 5.69 Å². The number of thioether (sulfide) groups is 1. The minimum absolute atomic E-state index is 0.0466. The molecule has 2 aromatic rings. The first-order valence-electron chi connectivity index (χ1n) is 9.01. The highest BCUT2D eigenvalue weighted by Gasteiger charge is 2.32. The molecule has 1 amide bonds. The molecular formula is C21H20N2O4S. The molecule has 2 aromatic carbocycles. The minimum Gasteiger partial charge on any atom is -0.497 e. The lowest BCUT2D eigenvalue weighted by atomic mass is 10.1. The van der Waals surface area contributed by atoms with Gasteiger partial charge in [-0.3, -0.25) is 9.69 Å². The van der Waals surface area contributed by atoms with Gasteiger partial charge in [0.05, 0.1) is 17.7 Å². The van der Waals surface area contributed by atoms with Crippen molar-refractivity contribution in [2.24, 2.45) is 4.99 Å². The van der Waals surface area contributed by atoms with Crippen molar-refractivity contribution < 1.29 is 19.0 Å². The Morgan fingerprint density at radius 3 is 2.61 bits per heavy atom. The van der Waals surface area contributed by atoms with E-state index in [0.29, 0.717) is 35.6 Å². The number of ether oxygens (including phenoxy) is 3. The van der Waals surface area contributed by atoms with Crippen LogP contribution in [0.5, 0.6) is 17.2 Å². The van der Waals surface area contributed by atoms with Crippen molar-refractivity contribution in [2.45, 2.75) is 6.92 Å². The Labute approximate surface area is 167 Å². The number of methoxy groups -OCH3 is 1. The number of amidine groups is 1. The van der Waals surface area contributed by atoms with E-state index in [-0.39, 0.29) is 5.91 Å². The van der Waals surface area contributed by atoms with Gasteiger partial charge < -0.3 is 14.2 Å². The Balaban J connectivity index is 1.61. The SMILES string of the molecule is CCN1C(=O)/C(=C\c2ccc3c(c2)OCCO3)SC1=Nc1ccc(OC)cc1. The van der Waals surface area contributed by atoms with E-state index in [1.807, 2.05) is 55.5 Å². The second-order valence-corrected chi connectivity index (χ2v) is 7.16. The number of likely N-dealkylation sites (N-methyl/N-ethyl adjacent to an activating group) is 1. The fraction of sp³-hybridized carbons (Fsp3) is 0.238. The minimum atomic E-state index is -0.0466. The Hall–Kier alpha value is -2.93. The number of nitrogens with zero attached hydrogens (tertiary/aromatic N) is 2. The number of benzene rings is 2. The summed E-state index contributed by atoms with van der Waals surface area (Å²) in [6.07, 6.45) is 1.87. The Bertz CT molecular complexity index is 953. The van der Waals surface area contributed by atoms with Crippen LogP contribution in [0.1, 0.15) is 12.5 Å². The normalized spacial score (nSPS) is 18.8. The van der Waals surface area contributed by atoms with Crippen molar-refractivity contribution in [1.29, 1.82) is 0 Å². The zero-order chi connectivity index (χ0) is 19.5. The second kappa shape index (κ2) is 7.98. The molecule has 6 nitrogen and oxygen atoms in total. The van der Waals surface area contributed by atoms with Crippen molar-refractivity contribution in [1.82, 2.24) is 4.90 Å². The fourth-order valence-electron chi connectivity index (χ4n) is 2.94. The van der Waals surface area contributed by atoms with Crippen LogP contribution in [-0.2, 0) is 4.79 Å². The van der Waals surface area contributed by atoms with Gasteiger partial charge in [-0.1, -0.05) is 6.07 Å². The number of amides is 1. The number of carbonyl (C=O) groups is 1. The molecule has 0 radical (unpaired) electrons. The first kappa shape index (κ1) is 18.4. The molecule has 0 bridgehead atoms. The first-order chi connectivity index (χ1) is 13.7. The summed E-state index contributed by atoms with van der Waals surface area (Å²) in [5.74, 6) is 2.16. The van der Waals surface area contributed by atoms with Gasteiger partial charge in [0.1, 0.15) is 19.0 Å². The van der Waals surface area contributed by atoms with Gasteiger partial charge in [0.2, 0.25) is 0 Å². The lowest BCUT2D eigenvalue weighted by Gasteiger charge is -2.18. The summed E-state index contributed by atoms with van der Waals surface area (Å²) in [7, 11) is 1.63. The summed E-state index contributed by atoms with van der Waals surface area (Å²) in [6.45, 7) is 3.58. The van der Waals surface area contributed by atoms with Gasteiger partial charge in [-0.2, -0.15) is 0 Å². The molecule has 2 aliphatic rings. The standard InChI is InChI=1S/C21H20N2O4S/c1-3-23-20(24)19(13-14-4-9-17-18(12-14)27-11-10-26-17)28-21(23)22-15-5-7-16(25-2)8-6-15/h4-9,12-13H,3,10-11H2,1-2H3/b19-13+,22-21?. The van der Waals surface area contributed by atoms with Crippen molar-refractivity contribution in [3.05, 3.63) is 52.9 Å². The van der Waals surface area contributed by atoms with E-state index in [1.54, 1.807) is 12.0 Å². The van der Waals surface area contributed by atoms with Gasteiger partial charge in [-0.15, -0.1) is 0 Å². The monoisotopic (exact) mass is 396 g/mol. The zero-order valence-electron chi connectivity index (χ0n) is 15.7. The van der Waals surface area contributed by atoms with Gasteiger partial charge in [-0.25, -0.2) is 4.99 Å². The third-order valence-corrected chi connectivity index (χ3v) is 5.37. The maximum Gasteiger partial charge on any atom is 0.266 e. The third kappa shape index (κ3) is 3.71. The summed E-state index contributed by atoms with van der Waals surface area (Å²) >= 11 is 1.37. The summed E-state index contributed by atoms with van der Waals surface area (Å²) in [5.41, 5.74) is 1.66. The maximum absolute atomic E-state index is 12.8. The van der Waals surface area contributed by atoms with Crippen molar-refractivity contribution in [3.8, 4) is 17.2 Å². The molecular weight excluding hydrogens is 376 g/mol. The van der Waals surface area contributed by atoms with Crippen LogP contribution in [0, 0.1) is 0 Å². The first-order valence-corrected chi connectivity index (χ1v) is 9.83. The summed E-state index contributed by atoms with van der Waals surface area (Å²) < 4.78 is 16.4. The molecule has 0 unspecified atom stereocenters. The highest BCUT2D eigenvalue weighted by Crippen LogP contribution is 2.36. The van der Waals surface area contributed by atoms with Crippen LogP contribution in [0.2, 0.25) is 0 Å². The topological polar surface area (TPSA) is 60.4 Å². The second-order valence-electron chi connectivity index (χ2n) is 6.16. The molecule has 1 saturated heterocycles. The van der Waals surface area contributed by atoms with Crippen molar-refractivity contribution >= 4 is 34.6 Å². The van der Waals surface area contributed by atoms with E-state index >= 15 is 0 Å². The molecule has 2 aliphatic heterocycles. The average Bonchev–Trinajstić information content (AvgIpc) is 3.02. The van der Waals surface area contributed by atoms with Crippen LogP contribution >= 0.6 is 11.8 Å². The predicted octanol–water partition coefficient (Wildman–Crippen LogP) is 4.09. The third-order valence-electron chi connectivity index (χ3n) is 4.37. The smallest absolute Gasteiger partial charge is 0.266 e. The molecule has 4 rings (SSSR count). The molecule has 0 N–H and O–H groups in total. The average molecular weight is 396 g/mol. The Kier molecular flexibility index (Phi) is 5.25. The van der Waals surface area contributed by atoms with E-state index in [1.165, 1.54) is 11.8 Å². The number of rotatable bonds is 4. The molecule has 1 fully saturated rings. The Morgan fingerprint density at radius 2 is 1.89 bits per heavy atom. The maximum atomic E-state index is 12.8.